The topological polar surface area (TPSA) is 0 Å². The molecule has 112 valence electrons. The van der Waals surface area contributed by atoms with Gasteiger partial charge in [0.25, 0.3) is 0 Å². The lowest BCUT2D eigenvalue weighted by Gasteiger charge is -2.33. The third kappa shape index (κ3) is 10.3. The van der Waals surface area contributed by atoms with Crippen LogP contribution < -0.4 is 0 Å². The maximum Gasteiger partial charge on any atom is -0.0215 e. The molecule has 0 heterocycles. The van der Waals surface area contributed by atoms with Gasteiger partial charge in [0.1, 0.15) is 0 Å². The summed E-state index contributed by atoms with van der Waals surface area (Å²) in [6, 6.07) is 0. The molecule has 0 aliphatic carbocycles. The first-order valence-corrected chi connectivity index (χ1v) is 8.78. The summed E-state index contributed by atoms with van der Waals surface area (Å²) in [6.45, 7) is 14.4. The van der Waals surface area contributed by atoms with Crippen LogP contribution in [0.25, 0.3) is 0 Å². The van der Waals surface area contributed by atoms with Gasteiger partial charge in [0, 0.05) is 0 Å². The predicted octanol–water partition coefficient (Wildman–Crippen LogP) is 6.60. The summed E-state index contributed by atoms with van der Waals surface area (Å²) in [6.07, 6.45) is 11.4. The predicted molar refractivity (Wildman–Crippen MR) is 90.7 cm³/mol. The lowest BCUT2D eigenvalue weighted by molar-refractivity contribution is 0.173. The van der Waals surface area contributed by atoms with Crippen LogP contribution in [0.1, 0.15) is 86.5 Å². The highest BCUT2D eigenvalue weighted by Gasteiger charge is 2.25. The standard InChI is InChI=1S/C16H34.CH4S/c1-7-9-10-11-12-16(5,6)15(4)13-14(3)8-2;1-2/h14-15H,7-13H2,1-6H3;2H,1H3/t14-,15-;/m0./s1. The average Bonchev–Trinajstić information content (AvgIpc) is 2.36. The van der Waals surface area contributed by atoms with Crippen molar-refractivity contribution in [3.05, 3.63) is 0 Å². The second-order valence-electron chi connectivity index (χ2n) is 6.45. The van der Waals surface area contributed by atoms with E-state index in [1.807, 2.05) is 0 Å². The van der Waals surface area contributed by atoms with E-state index >= 15 is 0 Å². The van der Waals surface area contributed by atoms with Crippen LogP contribution in [0, 0.1) is 17.3 Å². The van der Waals surface area contributed by atoms with Gasteiger partial charge in [-0.1, -0.05) is 73.6 Å². The lowest BCUT2D eigenvalue weighted by Crippen LogP contribution is -2.23. The SMILES string of the molecule is CCCCCCC(C)(C)[C@@H](C)C[C@@H](C)CC.CS. The zero-order valence-corrected chi connectivity index (χ0v) is 14.9. The molecule has 0 aliphatic rings. The smallest absolute Gasteiger partial charge is 0.0215 e. The van der Waals surface area contributed by atoms with E-state index in [2.05, 4.69) is 54.2 Å². The maximum atomic E-state index is 3.53. The average molecular weight is 275 g/mol. The fourth-order valence-corrected chi connectivity index (χ4v) is 2.34. The molecule has 0 aromatic rings. The highest BCUT2D eigenvalue weighted by molar-refractivity contribution is 7.79. The van der Waals surface area contributed by atoms with Gasteiger partial charge in [0.05, 0.1) is 0 Å². The van der Waals surface area contributed by atoms with E-state index in [0.717, 1.165) is 11.8 Å². The van der Waals surface area contributed by atoms with E-state index in [-0.39, 0.29) is 0 Å². The van der Waals surface area contributed by atoms with Crippen LogP contribution in [0.2, 0.25) is 0 Å². The van der Waals surface area contributed by atoms with Crippen molar-refractivity contribution in [2.45, 2.75) is 86.5 Å². The molecule has 2 atom stereocenters. The molecule has 0 fully saturated rings. The Morgan fingerprint density at radius 1 is 0.944 bits per heavy atom. The summed E-state index contributed by atoms with van der Waals surface area (Å²) in [5.41, 5.74) is 0.539. The molecule has 0 radical (unpaired) electrons. The van der Waals surface area contributed by atoms with Gasteiger partial charge in [-0.25, -0.2) is 0 Å². The lowest BCUT2D eigenvalue weighted by atomic mass is 9.72. The van der Waals surface area contributed by atoms with Crippen molar-refractivity contribution in [2.75, 3.05) is 6.26 Å². The molecule has 18 heavy (non-hydrogen) atoms. The van der Waals surface area contributed by atoms with Crippen molar-refractivity contribution in [3.63, 3.8) is 0 Å². The highest BCUT2D eigenvalue weighted by atomic mass is 32.1. The quantitative estimate of drug-likeness (QED) is 0.355. The Balaban J connectivity index is 0. The zero-order chi connectivity index (χ0) is 14.6. The minimum absolute atomic E-state index is 0.539. The van der Waals surface area contributed by atoms with Crippen LogP contribution in [0.5, 0.6) is 0 Å². The summed E-state index contributed by atoms with van der Waals surface area (Å²) < 4.78 is 0. The van der Waals surface area contributed by atoms with Crippen LogP contribution in [-0.2, 0) is 0 Å². The molecule has 0 aromatic heterocycles. The Labute approximate surface area is 123 Å². The first kappa shape index (κ1) is 20.7. The molecule has 0 N–H and O–H groups in total. The summed E-state index contributed by atoms with van der Waals surface area (Å²) in [5, 5.41) is 0. The molecule has 0 unspecified atom stereocenters. The number of thiol groups is 1. The van der Waals surface area contributed by atoms with Crippen LogP contribution in [0.4, 0.5) is 0 Å². The van der Waals surface area contributed by atoms with Crippen molar-refractivity contribution >= 4 is 12.6 Å². The van der Waals surface area contributed by atoms with Crippen molar-refractivity contribution in [1.29, 1.82) is 0 Å². The van der Waals surface area contributed by atoms with Gasteiger partial charge in [-0.15, -0.1) is 0 Å². The highest BCUT2D eigenvalue weighted by Crippen LogP contribution is 2.36. The van der Waals surface area contributed by atoms with Gasteiger partial charge in [-0.3, -0.25) is 0 Å². The van der Waals surface area contributed by atoms with Crippen molar-refractivity contribution < 1.29 is 0 Å². The Morgan fingerprint density at radius 2 is 1.50 bits per heavy atom. The second-order valence-corrected chi connectivity index (χ2v) is 6.45. The fourth-order valence-electron chi connectivity index (χ4n) is 2.34. The van der Waals surface area contributed by atoms with E-state index in [9.17, 15) is 0 Å². The zero-order valence-electron chi connectivity index (χ0n) is 14.1. The molecule has 0 saturated heterocycles. The molecule has 0 amide bonds. The summed E-state index contributed by atoms with van der Waals surface area (Å²) in [7, 11) is 0. The van der Waals surface area contributed by atoms with Gasteiger partial charge >= 0.3 is 0 Å². The van der Waals surface area contributed by atoms with Gasteiger partial charge < -0.3 is 0 Å². The van der Waals surface area contributed by atoms with Crippen molar-refractivity contribution in [3.8, 4) is 0 Å². The number of rotatable bonds is 9. The van der Waals surface area contributed by atoms with E-state index in [4.69, 9.17) is 0 Å². The van der Waals surface area contributed by atoms with Crippen molar-refractivity contribution in [1.82, 2.24) is 0 Å². The first-order chi connectivity index (χ1) is 8.44. The largest absolute Gasteiger partial charge is 0.183 e. The van der Waals surface area contributed by atoms with Gasteiger partial charge in [0.2, 0.25) is 0 Å². The molecule has 0 rings (SSSR count). The van der Waals surface area contributed by atoms with Crippen LogP contribution in [0.3, 0.4) is 0 Å². The van der Waals surface area contributed by atoms with Crippen LogP contribution in [-0.4, -0.2) is 6.26 Å². The Bertz CT molecular complexity index is 163. The molecule has 0 aliphatic heterocycles. The summed E-state index contributed by atoms with van der Waals surface area (Å²) in [5.74, 6) is 1.76. The van der Waals surface area contributed by atoms with E-state index in [0.29, 0.717) is 5.41 Å². The van der Waals surface area contributed by atoms with E-state index in [1.54, 1.807) is 6.26 Å². The van der Waals surface area contributed by atoms with Crippen LogP contribution >= 0.6 is 12.6 Å². The maximum absolute atomic E-state index is 3.53. The van der Waals surface area contributed by atoms with Crippen LogP contribution in [0.15, 0.2) is 0 Å². The minimum Gasteiger partial charge on any atom is -0.183 e. The van der Waals surface area contributed by atoms with E-state index in [1.165, 1.54) is 44.9 Å². The van der Waals surface area contributed by atoms with Crippen molar-refractivity contribution in [2.24, 2.45) is 17.3 Å². The van der Waals surface area contributed by atoms with Gasteiger partial charge in [-0.05, 0) is 36.3 Å². The molecule has 0 spiro atoms. The summed E-state index contributed by atoms with van der Waals surface area (Å²) >= 11 is 3.53. The van der Waals surface area contributed by atoms with Gasteiger partial charge in [-0.2, -0.15) is 12.6 Å². The molecular formula is C17H38S. The Kier molecular flexibility index (Phi) is 14.2. The van der Waals surface area contributed by atoms with Gasteiger partial charge in [0.15, 0.2) is 0 Å². The Hall–Kier alpha value is 0.350. The molecule has 0 aromatic carbocycles. The summed E-state index contributed by atoms with van der Waals surface area (Å²) in [4.78, 5) is 0. The fraction of sp³-hybridized carbons (Fsp3) is 1.00. The second kappa shape index (κ2) is 12.4. The first-order valence-electron chi connectivity index (χ1n) is 7.88. The third-order valence-corrected chi connectivity index (χ3v) is 4.46. The normalized spacial score (nSPS) is 14.7. The number of hydrogen-bond donors (Lipinski definition) is 1. The monoisotopic (exact) mass is 274 g/mol. The third-order valence-electron chi connectivity index (χ3n) is 4.46. The molecule has 1 heteroatoms. The molecule has 0 saturated carbocycles. The number of unbranched alkanes of at least 4 members (excludes halogenated alkanes) is 3. The molecular weight excluding hydrogens is 236 g/mol. The Morgan fingerprint density at radius 3 is 1.94 bits per heavy atom. The number of hydrogen-bond acceptors (Lipinski definition) is 1. The van der Waals surface area contributed by atoms with E-state index < -0.39 is 0 Å². The molecule has 0 nitrogen and oxygen atoms in total. The molecule has 0 bridgehead atoms. The minimum atomic E-state index is 0.539.